The zero-order chi connectivity index (χ0) is 22.7. The predicted octanol–water partition coefficient (Wildman–Crippen LogP) is 4.10. The van der Waals surface area contributed by atoms with Gasteiger partial charge >= 0.3 is 0 Å². The number of nitrogens with zero attached hydrogens (tertiary/aromatic N) is 2. The molecule has 0 atom stereocenters. The van der Waals surface area contributed by atoms with Crippen molar-refractivity contribution in [3.63, 3.8) is 0 Å². The van der Waals surface area contributed by atoms with Gasteiger partial charge in [-0.25, -0.2) is 12.8 Å². The molecule has 0 fully saturated rings. The summed E-state index contributed by atoms with van der Waals surface area (Å²) in [5.41, 5.74) is 1.15. The topological polar surface area (TPSA) is 66.9 Å². The number of anilines is 1. The van der Waals surface area contributed by atoms with Crippen molar-refractivity contribution in [1.29, 1.82) is 0 Å². The largest absolute Gasteiger partial charge is 0.490 e. The van der Waals surface area contributed by atoms with Crippen LogP contribution in [0.5, 0.6) is 5.75 Å². The van der Waals surface area contributed by atoms with Gasteiger partial charge < -0.3 is 9.64 Å². The first-order chi connectivity index (χ1) is 15.3. The summed E-state index contributed by atoms with van der Waals surface area (Å²) >= 11 is 5.90. The molecule has 0 saturated carbocycles. The number of rotatable bonds is 6. The average Bonchev–Trinajstić information content (AvgIpc) is 2.80. The summed E-state index contributed by atoms with van der Waals surface area (Å²) in [4.78, 5) is 14.8. The first kappa shape index (κ1) is 22.3. The van der Waals surface area contributed by atoms with Gasteiger partial charge in [0.15, 0.2) is 0 Å². The Hall–Kier alpha value is -2.94. The number of amides is 1. The molecule has 9 heteroatoms. The van der Waals surface area contributed by atoms with Crippen LogP contribution in [0.15, 0.2) is 77.7 Å². The maximum absolute atomic E-state index is 13.4. The minimum atomic E-state index is -4.04. The van der Waals surface area contributed by atoms with Gasteiger partial charge in [-0.15, -0.1) is 0 Å². The first-order valence-corrected chi connectivity index (χ1v) is 11.7. The van der Waals surface area contributed by atoms with Gasteiger partial charge in [0, 0.05) is 11.6 Å². The van der Waals surface area contributed by atoms with E-state index in [1.165, 1.54) is 53.4 Å². The van der Waals surface area contributed by atoms with Crippen LogP contribution in [0.1, 0.15) is 5.56 Å². The van der Waals surface area contributed by atoms with E-state index in [1.54, 1.807) is 24.3 Å². The lowest BCUT2D eigenvalue weighted by Gasteiger charge is -2.31. The molecule has 1 aliphatic rings. The Morgan fingerprint density at radius 3 is 2.44 bits per heavy atom. The highest BCUT2D eigenvalue weighted by molar-refractivity contribution is 7.89. The SMILES string of the molecule is O=C(CN(Cc1ccc(F)cc1)S(=O)(=O)c1ccc(Cl)cc1)N1CCOc2ccccc21. The minimum Gasteiger partial charge on any atom is -0.490 e. The van der Waals surface area contributed by atoms with Crippen LogP contribution in [0.2, 0.25) is 5.02 Å². The Bertz CT molecular complexity index is 1220. The monoisotopic (exact) mass is 474 g/mol. The molecule has 3 aromatic carbocycles. The quantitative estimate of drug-likeness (QED) is 0.539. The fourth-order valence-corrected chi connectivity index (χ4v) is 4.94. The predicted molar refractivity (Wildman–Crippen MR) is 120 cm³/mol. The highest BCUT2D eigenvalue weighted by Gasteiger charge is 2.31. The van der Waals surface area contributed by atoms with Gasteiger partial charge in [-0.3, -0.25) is 4.79 Å². The van der Waals surface area contributed by atoms with E-state index in [-0.39, 0.29) is 17.3 Å². The number of benzene rings is 3. The Labute approximate surface area is 190 Å². The number of halogens is 2. The summed E-state index contributed by atoms with van der Waals surface area (Å²) in [6.45, 7) is 0.130. The summed E-state index contributed by atoms with van der Waals surface area (Å²) in [6.07, 6.45) is 0. The summed E-state index contributed by atoms with van der Waals surface area (Å²) < 4.78 is 46.8. The molecule has 166 valence electrons. The molecule has 0 bridgehead atoms. The number of sulfonamides is 1. The van der Waals surface area contributed by atoms with Crippen LogP contribution in [0, 0.1) is 5.82 Å². The first-order valence-electron chi connectivity index (χ1n) is 9.87. The Kier molecular flexibility index (Phi) is 6.45. The normalized spacial score (nSPS) is 13.5. The van der Waals surface area contributed by atoms with Crippen LogP contribution in [-0.2, 0) is 21.4 Å². The zero-order valence-corrected chi connectivity index (χ0v) is 18.5. The highest BCUT2D eigenvalue weighted by Crippen LogP contribution is 2.31. The van der Waals surface area contributed by atoms with Crippen molar-refractivity contribution in [3.05, 3.63) is 89.2 Å². The molecule has 0 radical (unpaired) electrons. The molecular formula is C23H20ClFN2O4S. The van der Waals surface area contributed by atoms with E-state index in [0.717, 1.165) is 4.31 Å². The summed E-state index contributed by atoms with van der Waals surface area (Å²) in [5, 5.41) is 0.398. The molecule has 1 aliphatic heterocycles. The van der Waals surface area contributed by atoms with Crippen molar-refractivity contribution in [2.75, 3.05) is 24.6 Å². The zero-order valence-electron chi connectivity index (χ0n) is 16.9. The molecule has 4 rings (SSSR count). The van der Waals surface area contributed by atoms with Crippen molar-refractivity contribution in [2.45, 2.75) is 11.4 Å². The number of hydrogen-bond acceptors (Lipinski definition) is 4. The van der Waals surface area contributed by atoms with Crippen LogP contribution in [0.3, 0.4) is 0 Å². The van der Waals surface area contributed by atoms with Crippen LogP contribution >= 0.6 is 11.6 Å². The highest BCUT2D eigenvalue weighted by atomic mass is 35.5. The van der Waals surface area contributed by atoms with E-state index in [1.807, 2.05) is 0 Å². The van der Waals surface area contributed by atoms with E-state index >= 15 is 0 Å². The second-order valence-corrected chi connectivity index (χ2v) is 9.59. The second-order valence-electron chi connectivity index (χ2n) is 7.22. The number of carbonyl (C=O) groups is 1. The van der Waals surface area contributed by atoms with Gasteiger partial charge in [0.1, 0.15) is 18.2 Å². The van der Waals surface area contributed by atoms with Crippen molar-refractivity contribution in [3.8, 4) is 5.75 Å². The van der Waals surface area contributed by atoms with Crippen molar-refractivity contribution in [2.24, 2.45) is 0 Å². The van der Waals surface area contributed by atoms with Crippen LogP contribution in [0.25, 0.3) is 0 Å². The summed E-state index contributed by atoms with van der Waals surface area (Å²) in [7, 11) is -4.04. The fraction of sp³-hybridized carbons (Fsp3) is 0.174. The van der Waals surface area contributed by atoms with Crippen molar-refractivity contribution < 1.29 is 22.3 Å². The van der Waals surface area contributed by atoms with E-state index in [0.29, 0.717) is 35.2 Å². The third-order valence-corrected chi connectivity index (χ3v) is 7.12. The molecule has 0 aliphatic carbocycles. The molecule has 32 heavy (non-hydrogen) atoms. The Balaban J connectivity index is 1.65. The van der Waals surface area contributed by atoms with Crippen LogP contribution < -0.4 is 9.64 Å². The van der Waals surface area contributed by atoms with E-state index < -0.39 is 22.4 Å². The fourth-order valence-electron chi connectivity index (χ4n) is 3.44. The van der Waals surface area contributed by atoms with Crippen LogP contribution in [0.4, 0.5) is 10.1 Å². The number of fused-ring (bicyclic) bond motifs is 1. The van der Waals surface area contributed by atoms with E-state index in [9.17, 15) is 17.6 Å². The maximum Gasteiger partial charge on any atom is 0.243 e. The summed E-state index contributed by atoms with van der Waals surface area (Å²) in [6, 6.07) is 18.3. The maximum atomic E-state index is 13.4. The van der Waals surface area contributed by atoms with E-state index in [2.05, 4.69) is 0 Å². The second kappa shape index (κ2) is 9.28. The number of para-hydroxylation sites is 2. The average molecular weight is 475 g/mol. The number of ether oxygens (including phenoxy) is 1. The summed E-state index contributed by atoms with van der Waals surface area (Å²) in [5.74, 6) is -0.250. The lowest BCUT2D eigenvalue weighted by atomic mass is 10.2. The van der Waals surface area contributed by atoms with Gasteiger partial charge in [-0.05, 0) is 54.1 Å². The Morgan fingerprint density at radius 2 is 1.72 bits per heavy atom. The molecule has 0 unspecified atom stereocenters. The lowest BCUT2D eigenvalue weighted by molar-refractivity contribution is -0.119. The Morgan fingerprint density at radius 1 is 1.03 bits per heavy atom. The molecule has 0 spiro atoms. The third kappa shape index (κ3) is 4.77. The molecule has 1 amide bonds. The molecule has 0 N–H and O–H groups in total. The smallest absolute Gasteiger partial charge is 0.243 e. The minimum absolute atomic E-state index is 0.0131. The molecule has 0 aromatic heterocycles. The van der Waals surface area contributed by atoms with E-state index in [4.69, 9.17) is 16.3 Å². The van der Waals surface area contributed by atoms with Crippen molar-refractivity contribution in [1.82, 2.24) is 4.31 Å². The van der Waals surface area contributed by atoms with Crippen LogP contribution in [-0.4, -0.2) is 38.3 Å². The molecule has 3 aromatic rings. The lowest BCUT2D eigenvalue weighted by Crippen LogP contribution is -2.45. The molecule has 0 saturated heterocycles. The molecule has 1 heterocycles. The van der Waals surface area contributed by atoms with Gasteiger partial charge in [0.2, 0.25) is 15.9 Å². The molecular weight excluding hydrogens is 455 g/mol. The van der Waals surface area contributed by atoms with Gasteiger partial charge in [-0.1, -0.05) is 35.9 Å². The van der Waals surface area contributed by atoms with Crippen molar-refractivity contribution >= 4 is 33.2 Å². The number of hydrogen-bond donors (Lipinski definition) is 0. The van der Waals surface area contributed by atoms with Gasteiger partial charge in [0.25, 0.3) is 0 Å². The standard InChI is InChI=1S/C23H20ClFN2O4S/c24-18-7-11-20(12-8-18)32(29,30)26(15-17-5-9-19(25)10-6-17)16-23(28)27-13-14-31-22-4-2-1-3-21(22)27/h1-12H,13-16H2. The molecule has 6 nitrogen and oxygen atoms in total. The number of carbonyl (C=O) groups excluding carboxylic acids is 1. The van der Waals surface area contributed by atoms with Gasteiger partial charge in [-0.2, -0.15) is 4.31 Å². The third-order valence-electron chi connectivity index (χ3n) is 5.06. The van der Waals surface area contributed by atoms with Gasteiger partial charge in [0.05, 0.1) is 23.7 Å².